The minimum Gasteiger partial charge on any atom is -0.372 e. The number of piperidine rings is 1. The Labute approximate surface area is 104 Å². The molecule has 4 aliphatic carbocycles. The fourth-order valence-electron chi connectivity index (χ4n) is 5.44. The smallest absolute Gasteiger partial charge is 0.0694 e. The minimum absolute atomic E-state index is 0.330. The van der Waals surface area contributed by atoms with E-state index in [9.17, 15) is 0 Å². The van der Waals surface area contributed by atoms with Crippen LogP contribution in [0.5, 0.6) is 0 Å². The van der Waals surface area contributed by atoms with E-state index in [-0.39, 0.29) is 0 Å². The van der Waals surface area contributed by atoms with E-state index in [0.717, 1.165) is 30.8 Å². The highest BCUT2D eigenvalue weighted by Gasteiger charge is 2.52. The molecule has 5 aliphatic rings. The van der Waals surface area contributed by atoms with Crippen molar-refractivity contribution < 1.29 is 4.74 Å². The van der Waals surface area contributed by atoms with Crippen LogP contribution < -0.4 is 5.32 Å². The number of ether oxygens (including phenoxy) is 1. The van der Waals surface area contributed by atoms with E-state index in [4.69, 9.17) is 4.74 Å². The molecule has 0 spiro atoms. The summed E-state index contributed by atoms with van der Waals surface area (Å²) >= 11 is 0. The highest BCUT2D eigenvalue weighted by atomic mass is 16.5. The summed E-state index contributed by atoms with van der Waals surface area (Å²) in [6, 6.07) is 0. The van der Waals surface area contributed by atoms with E-state index < -0.39 is 0 Å². The molecule has 4 bridgehead atoms. The molecule has 0 amide bonds. The molecule has 4 saturated carbocycles. The van der Waals surface area contributed by atoms with Gasteiger partial charge in [0.1, 0.15) is 0 Å². The quantitative estimate of drug-likeness (QED) is 0.794. The van der Waals surface area contributed by atoms with Crippen LogP contribution in [0, 0.1) is 17.8 Å². The Morgan fingerprint density at radius 1 is 0.824 bits per heavy atom. The van der Waals surface area contributed by atoms with Crippen LogP contribution in [0.4, 0.5) is 0 Å². The third-order valence-corrected chi connectivity index (χ3v) is 5.68. The van der Waals surface area contributed by atoms with E-state index in [0.29, 0.717) is 11.7 Å². The lowest BCUT2D eigenvalue weighted by atomic mass is 9.54. The van der Waals surface area contributed by atoms with Crippen LogP contribution >= 0.6 is 0 Å². The van der Waals surface area contributed by atoms with E-state index in [1.54, 1.807) is 0 Å². The lowest BCUT2D eigenvalue weighted by Crippen LogP contribution is -2.54. The maximum Gasteiger partial charge on any atom is 0.0694 e. The molecule has 0 atom stereocenters. The van der Waals surface area contributed by atoms with Crippen molar-refractivity contribution in [2.45, 2.75) is 63.1 Å². The van der Waals surface area contributed by atoms with E-state index >= 15 is 0 Å². The predicted octanol–water partition coefficient (Wildman–Crippen LogP) is 2.72. The minimum atomic E-state index is 0.330. The van der Waals surface area contributed by atoms with Crippen molar-refractivity contribution in [3.63, 3.8) is 0 Å². The lowest BCUT2D eigenvalue weighted by Gasteiger charge is -2.57. The van der Waals surface area contributed by atoms with E-state index in [1.807, 2.05) is 0 Å². The Kier molecular flexibility index (Phi) is 2.52. The molecular formula is C15H25NO. The van der Waals surface area contributed by atoms with Crippen LogP contribution in [0.15, 0.2) is 0 Å². The summed E-state index contributed by atoms with van der Waals surface area (Å²) in [5.41, 5.74) is 0.330. The van der Waals surface area contributed by atoms with Gasteiger partial charge in [0.25, 0.3) is 0 Å². The third-order valence-electron chi connectivity index (χ3n) is 5.68. The molecule has 1 heterocycles. The summed E-state index contributed by atoms with van der Waals surface area (Å²) in [7, 11) is 0. The van der Waals surface area contributed by atoms with Crippen molar-refractivity contribution >= 4 is 0 Å². The molecule has 0 aromatic carbocycles. The average molecular weight is 235 g/mol. The van der Waals surface area contributed by atoms with Gasteiger partial charge >= 0.3 is 0 Å². The van der Waals surface area contributed by atoms with Gasteiger partial charge in [0.2, 0.25) is 0 Å². The molecule has 1 aliphatic heterocycles. The molecule has 0 aromatic heterocycles. The standard InChI is InChI=1S/C15H25NO/c1-3-16-4-2-14(1)17-15-8-11-5-12(9-15)7-13(6-11)10-15/h11-14,16H,1-10H2. The zero-order chi connectivity index (χ0) is 11.3. The van der Waals surface area contributed by atoms with Crippen molar-refractivity contribution in [1.29, 1.82) is 0 Å². The lowest BCUT2D eigenvalue weighted by molar-refractivity contribution is -0.191. The summed E-state index contributed by atoms with van der Waals surface area (Å²) in [4.78, 5) is 0. The van der Waals surface area contributed by atoms with Gasteiger partial charge in [-0.1, -0.05) is 0 Å². The largest absolute Gasteiger partial charge is 0.372 e. The second kappa shape index (κ2) is 3.96. The molecule has 0 aromatic rings. The first kappa shape index (κ1) is 10.8. The number of nitrogens with one attached hydrogen (secondary N) is 1. The number of hydrogen-bond donors (Lipinski definition) is 1. The zero-order valence-electron chi connectivity index (χ0n) is 10.8. The Morgan fingerprint density at radius 3 is 1.88 bits per heavy atom. The number of rotatable bonds is 2. The van der Waals surface area contributed by atoms with Crippen LogP contribution in [0.1, 0.15) is 51.4 Å². The molecule has 1 saturated heterocycles. The maximum atomic E-state index is 6.65. The highest BCUT2D eigenvalue weighted by Crippen LogP contribution is 2.57. The summed E-state index contributed by atoms with van der Waals surface area (Å²) in [5, 5.41) is 3.44. The first-order valence-electron chi connectivity index (χ1n) is 7.70. The molecule has 2 nitrogen and oxygen atoms in total. The summed E-state index contributed by atoms with van der Waals surface area (Å²) in [6.45, 7) is 2.33. The fourth-order valence-corrected chi connectivity index (χ4v) is 5.44. The zero-order valence-corrected chi connectivity index (χ0v) is 10.8. The maximum absolute atomic E-state index is 6.65. The van der Waals surface area contributed by atoms with Crippen LogP contribution in [0.2, 0.25) is 0 Å². The SMILES string of the molecule is C1CC(OC23CC4CC(CC(C4)C2)C3)CCN1. The first-order valence-corrected chi connectivity index (χ1v) is 7.70. The molecule has 96 valence electrons. The van der Waals surface area contributed by atoms with Gasteiger partial charge < -0.3 is 10.1 Å². The van der Waals surface area contributed by atoms with Crippen molar-refractivity contribution in [1.82, 2.24) is 5.32 Å². The average Bonchev–Trinajstić information content (AvgIpc) is 2.27. The molecule has 1 N–H and O–H groups in total. The van der Waals surface area contributed by atoms with Gasteiger partial charge in [0.15, 0.2) is 0 Å². The topological polar surface area (TPSA) is 21.3 Å². The van der Waals surface area contributed by atoms with Gasteiger partial charge in [-0.2, -0.15) is 0 Å². The van der Waals surface area contributed by atoms with Crippen LogP contribution in [0.25, 0.3) is 0 Å². The molecule has 5 rings (SSSR count). The van der Waals surface area contributed by atoms with Gasteiger partial charge in [0, 0.05) is 0 Å². The monoisotopic (exact) mass is 235 g/mol. The van der Waals surface area contributed by atoms with Crippen molar-refractivity contribution in [2.24, 2.45) is 17.8 Å². The predicted molar refractivity (Wildman–Crippen MR) is 67.9 cm³/mol. The molecule has 2 heteroatoms. The number of hydrogen-bond acceptors (Lipinski definition) is 2. The Balaban J connectivity index is 1.48. The van der Waals surface area contributed by atoms with Gasteiger partial charge in [-0.05, 0) is 82.2 Å². The van der Waals surface area contributed by atoms with Gasteiger partial charge in [0.05, 0.1) is 11.7 Å². The fraction of sp³-hybridized carbons (Fsp3) is 1.00. The second-order valence-corrected chi connectivity index (χ2v) is 7.17. The third kappa shape index (κ3) is 1.94. The molecule has 0 radical (unpaired) electrons. The van der Waals surface area contributed by atoms with Gasteiger partial charge in [-0.15, -0.1) is 0 Å². The second-order valence-electron chi connectivity index (χ2n) is 7.17. The van der Waals surface area contributed by atoms with Crippen LogP contribution in [-0.2, 0) is 4.74 Å². The van der Waals surface area contributed by atoms with Crippen molar-refractivity contribution in [3.05, 3.63) is 0 Å². The highest BCUT2D eigenvalue weighted by molar-refractivity contribution is 5.03. The van der Waals surface area contributed by atoms with Gasteiger partial charge in [-0.25, -0.2) is 0 Å². The molecule has 5 fully saturated rings. The molecule has 17 heavy (non-hydrogen) atoms. The Morgan fingerprint density at radius 2 is 1.35 bits per heavy atom. The Bertz CT molecular complexity index is 260. The first-order chi connectivity index (χ1) is 8.31. The Hall–Kier alpha value is -0.0800. The summed E-state index contributed by atoms with van der Waals surface area (Å²) in [5.74, 6) is 3.05. The molecular weight excluding hydrogens is 210 g/mol. The summed E-state index contributed by atoms with van der Waals surface area (Å²) < 4.78 is 6.65. The van der Waals surface area contributed by atoms with Crippen molar-refractivity contribution in [2.75, 3.05) is 13.1 Å². The molecule has 0 unspecified atom stereocenters. The normalized spacial score (nSPS) is 49.8. The van der Waals surface area contributed by atoms with E-state index in [1.165, 1.54) is 51.4 Å². The van der Waals surface area contributed by atoms with Gasteiger partial charge in [-0.3, -0.25) is 0 Å². The van der Waals surface area contributed by atoms with Crippen LogP contribution in [-0.4, -0.2) is 24.8 Å². The van der Waals surface area contributed by atoms with Crippen LogP contribution in [0.3, 0.4) is 0 Å². The van der Waals surface area contributed by atoms with Crippen molar-refractivity contribution in [3.8, 4) is 0 Å². The summed E-state index contributed by atoms with van der Waals surface area (Å²) in [6.07, 6.45) is 11.8. The van der Waals surface area contributed by atoms with E-state index in [2.05, 4.69) is 5.32 Å².